The molecule has 0 bridgehead atoms. The normalized spacial score (nSPS) is 15.5. The molecule has 28 heavy (non-hydrogen) atoms. The average Bonchev–Trinajstić information content (AvgIpc) is 2.69. The zero-order chi connectivity index (χ0) is 20.3. The van der Waals surface area contributed by atoms with Crippen molar-refractivity contribution in [2.45, 2.75) is 25.6 Å². The molecular weight excluding hydrogens is 373 g/mol. The van der Waals surface area contributed by atoms with Gasteiger partial charge in [-0.15, -0.1) is 0 Å². The average molecular weight is 392 g/mol. The van der Waals surface area contributed by atoms with Crippen molar-refractivity contribution in [3.8, 4) is 0 Å². The van der Waals surface area contributed by atoms with Gasteiger partial charge in [-0.3, -0.25) is 14.4 Å². The summed E-state index contributed by atoms with van der Waals surface area (Å²) in [5, 5.41) is 0. The van der Waals surface area contributed by atoms with E-state index in [-0.39, 0.29) is 11.7 Å². The van der Waals surface area contributed by atoms with E-state index in [2.05, 4.69) is 0 Å². The number of likely N-dealkylation sites (tertiary alicyclic amines) is 1. The maximum absolute atomic E-state index is 12.8. The summed E-state index contributed by atoms with van der Waals surface area (Å²) in [5.74, 6) is -0.600. The van der Waals surface area contributed by atoms with Crippen LogP contribution in [0.3, 0.4) is 0 Å². The molecule has 0 spiro atoms. The highest BCUT2D eigenvalue weighted by atomic mass is 19.4. The summed E-state index contributed by atoms with van der Waals surface area (Å²) in [5.41, 5.74) is -1.91. The number of aromatic nitrogens is 1. The molecule has 1 aliphatic rings. The largest absolute Gasteiger partial charge is 0.421 e. The molecule has 0 unspecified atom stereocenters. The Labute approximate surface area is 159 Å². The number of Topliss-reactive ketones (excluding diaryl/α,β-unsaturated/α-hetero) is 1. The van der Waals surface area contributed by atoms with Crippen LogP contribution in [0, 0.1) is 5.92 Å². The second-order valence-corrected chi connectivity index (χ2v) is 6.74. The second kappa shape index (κ2) is 8.00. The molecule has 148 valence electrons. The topological polar surface area (TPSA) is 59.4 Å². The van der Waals surface area contributed by atoms with E-state index in [0.29, 0.717) is 37.6 Å². The molecule has 1 amide bonds. The van der Waals surface area contributed by atoms with Crippen LogP contribution in [0.25, 0.3) is 0 Å². The zero-order valence-electron chi connectivity index (χ0n) is 15.0. The van der Waals surface area contributed by atoms with Gasteiger partial charge in [0.25, 0.3) is 5.56 Å². The van der Waals surface area contributed by atoms with Crippen LogP contribution in [0.1, 0.15) is 28.8 Å². The van der Waals surface area contributed by atoms with E-state index in [4.69, 9.17) is 0 Å². The molecule has 3 rings (SSSR count). The zero-order valence-corrected chi connectivity index (χ0v) is 15.0. The van der Waals surface area contributed by atoms with Crippen molar-refractivity contribution in [3.05, 3.63) is 70.1 Å². The van der Waals surface area contributed by atoms with Gasteiger partial charge in [0.2, 0.25) is 5.91 Å². The summed E-state index contributed by atoms with van der Waals surface area (Å²) in [6, 6.07) is 10.7. The Morgan fingerprint density at radius 2 is 1.64 bits per heavy atom. The fourth-order valence-electron chi connectivity index (χ4n) is 3.35. The lowest BCUT2D eigenvalue weighted by Crippen LogP contribution is -2.43. The van der Waals surface area contributed by atoms with Gasteiger partial charge in [-0.05, 0) is 25.0 Å². The summed E-state index contributed by atoms with van der Waals surface area (Å²) in [7, 11) is 0. The Morgan fingerprint density at radius 1 is 1.00 bits per heavy atom. The van der Waals surface area contributed by atoms with Crippen molar-refractivity contribution >= 4 is 11.7 Å². The van der Waals surface area contributed by atoms with Crippen molar-refractivity contribution in [1.82, 2.24) is 9.47 Å². The third-order valence-electron chi connectivity index (χ3n) is 4.91. The maximum atomic E-state index is 12.8. The van der Waals surface area contributed by atoms with Crippen LogP contribution in [0.2, 0.25) is 0 Å². The smallest absolute Gasteiger partial charge is 0.341 e. The van der Waals surface area contributed by atoms with Crippen molar-refractivity contribution in [1.29, 1.82) is 0 Å². The third kappa shape index (κ3) is 4.32. The molecular formula is C20H19F3N2O3. The predicted octanol–water partition coefficient (Wildman–Crippen LogP) is 2.99. The minimum Gasteiger partial charge on any atom is -0.341 e. The predicted molar refractivity (Wildman–Crippen MR) is 95.8 cm³/mol. The summed E-state index contributed by atoms with van der Waals surface area (Å²) >= 11 is 0. The number of ketones is 1. The molecule has 0 atom stereocenters. The number of alkyl halides is 3. The van der Waals surface area contributed by atoms with Crippen molar-refractivity contribution < 1.29 is 22.8 Å². The van der Waals surface area contributed by atoms with Crippen molar-refractivity contribution in [2.24, 2.45) is 5.92 Å². The van der Waals surface area contributed by atoms with Crippen LogP contribution in [-0.4, -0.2) is 34.2 Å². The third-order valence-corrected chi connectivity index (χ3v) is 4.91. The maximum Gasteiger partial charge on any atom is 0.421 e. The van der Waals surface area contributed by atoms with Crippen LogP contribution in [0.4, 0.5) is 13.2 Å². The lowest BCUT2D eigenvalue weighted by Gasteiger charge is -2.31. The number of nitrogens with zero attached hydrogens (tertiary/aromatic N) is 2. The van der Waals surface area contributed by atoms with Crippen LogP contribution in [-0.2, 0) is 17.5 Å². The number of rotatable bonds is 4. The molecule has 0 N–H and O–H groups in total. The van der Waals surface area contributed by atoms with Crippen LogP contribution in [0.15, 0.2) is 53.5 Å². The number of carbonyl (C=O) groups is 2. The Morgan fingerprint density at radius 3 is 2.25 bits per heavy atom. The van der Waals surface area contributed by atoms with Gasteiger partial charge in [-0.25, -0.2) is 0 Å². The van der Waals surface area contributed by atoms with Gasteiger partial charge in [0, 0.05) is 30.8 Å². The molecule has 1 aliphatic heterocycles. The highest BCUT2D eigenvalue weighted by Crippen LogP contribution is 2.26. The lowest BCUT2D eigenvalue weighted by atomic mass is 9.89. The van der Waals surface area contributed by atoms with E-state index in [1.807, 2.05) is 6.07 Å². The monoisotopic (exact) mass is 392 g/mol. The first-order chi connectivity index (χ1) is 13.3. The van der Waals surface area contributed by atoms with Gasteiger partial charge in [0.15, 0.2) is 5.78 Å². The number of benzene rings is 1. The van der Waals surface area contributed by atoms with Gasteiger partial charge in [0.05, 0.1) is 0 Å². The van der Waals surface area contributed by atoms with E-state index in [9.17, 15) is 27.6 Å². The number of amides is 1. The summed E-state index contributed by atoms with van der Waals surface area (Å²) in [4.78, 5) is 38.4. The molecule has 0 aliphatic carbocycles. The number of piperidine rings is 1. The molecule has 2 aromatic rings. The molecule has 0 saturated carbocycles. The molecule has 1 aromatic carbocycles. The number of halogens is 3. The Balaban J connectivity index is 1.62. The first kappa shape index (κ1) is 19.9. The first-order valence-corrected chi connectivity index (χ1v) is 8.91. The van der Waals surface area contributed by atoms with Gasteiger partial charge in [0.1, 0.15) is 12.1 Å². The molecule has 1 aromatic heterocycles. The number of carbonyl (C=O) groups excluding carboxylic acids is 2. The Hall–Kier alpha value is -2.90. The SMILES string of the molecule is O=C(c1ccccc1)C1CCN(C(=O)Cn2cccc(C(F)(F)F)c2=O)CC1. The van der Waals surface area contributed by atoms with Crippen LogP contribution >= 0.6 is 0 Å². The molecule has 2 heterocycles. The first-order valence-electron chi connectivity index (χ1n) is 8.91. The molecule has 5 nitrogen and oxygen atoms in total. The lowest BCUT2D eigenvalue weighted by molar-refractivity contribution is -0.139. The van der Waals surface area contributed by atoms with E-state index in [1.165, 1.54) is 11.1 Å². The van der Waals surface area contributed by atoms with E-state index in [1.54, 1.807) is 24.3 Å². The minimum atomic E-state index is -4.76. The summed E-state index contributed by atoms with van der Waals surface area (Å²) in [6.45, 7) is 0.200. The fourth-order valence-corrected chi connectivity index (χ4v) is 3.35. The molecule has 8 heteroatoms. The van der Waals surface area contributed by atoms with Gasteiger partial charge >= 0.3 is 6.18 Å². The van der Waals surface area contributed by atoms with E-state index < -0.39 is 29.8 Å². The van der Waals surface area contributed by atoms with E-state index >= 15 is 0 Å². The van der Waals surface area contributed by atoms with Gasteiger partial charge in [-0.2, -0.15) is 13.2 Å². The van der Waals surface area contributed by atoms with Crippen molar-refractivity contribution in [3.63, 3.8) is 0 Å². The second-order valence-electron chi connectivity index (χ2n) is 6.74. The number of hydrogen-bond acceptors (Lipinski definition) is 3. The highest BCUT2D eigenvalue weighted by molar-refractivity contribution is 5.98. The van der Waals surface area contributed by atoms with Crippen molar-refractivity contribution in [2.75, 3.05) is 13.1 Å². The quantitative estimate of drug-likeness (QED) is 0.752. The number of hydrogen-bond donors (Lipinski definition) is 0. The van der Waals surface area contributed by atoms with Crippen LogP contribution < -0.4 is 5.56 Å². The highest BCUT2D eigenvalue weighted by Gasteiger charge is 2.34. The molecule has 1 saturated heterocycles. The standard InChI is InChI=1S/C20H19F3N2O3/c21-20(22,23)16-7-4-10-25(19(16)28)13-17(26)24-11-8-15(9-12-24)18(27)14-5-2-1-3-6-14/h1-7,10,15H,8-9,11-13H2. The molecule has 0 radical (unpaired) electrons. The van der Waals surface area contributed by atoms with Gasteiger partial charge in [-0.1, -0.05) is 30.3 Å². The molecule has 1 fully saturated rings. The number of pyridine rings is 1. The summed E-state index contributed by atoms with van der Waals surface area (Å²) < 4.78 is 39.3. The van der Waals surface area contributed by atoms with Crippen LogP contribution in [0.5, 0.6) is 0 Å². The summed E-state index contributed by atoms with van der Waals surface area (Å²) in [6.07, 6.45) is -2.63. The fraction of sp³-hybridized carbons (Fsp3) is 0.350. The Bertz CT molecular complexity index is 914. The Kier molecular flexibility index (Phi) is 5.67. The minimum absolute atomic E-state index is 0.0294. The van der Waals surface area contributed by atoms with Gasteiger partial charge < -0.3 is 9.47 Å². The van der Waals surface area contributed by atoms with E-state index in [0.717, 1.165) is 10.6 Å².